The molecule has 1 N–H and O–H groups in total. The first kappa shape index (κ1) is 16.3. The van der Waals surface area contributed by atoms with E-state index in [4.69, 9.17) is 9.72 Å². The van der Waals surface area contributed by atoms with Crippen LogP contribution < -0.4 is 15.0 Å². The quantitative estimate of drug-likeness (QED) is 0.769. The smallest absolute Gasteiger partial charge is 0.229 e. The first-order valence-corrected chi connectivity index (χ1v) is 8.70. The van der Waals surface area contributed by atoms with Gasteiger partial charge in [0.05, 0.1) is 19.0 Å². The summed E-state index contributed by atoms with van der Waals surface area (Å²) < 4.78 is 5.08. The summed E-state index contributed by atoms with van der Waals surface area (Å²) in [5.41, 5.74) is 4.72. The van der Waals surface area contributed by atoms with E-state index >= 15 is 0 Å². The van der Waals surface area contributed by atoms with Gasteiger partial charge in [0, 0.05) is 24.5 Å². The number of nitrogens with zero attached hydrogens (tertiary/aromatic N) is 4. The zero-order valence-electron chi connectivity index (χ0n) is 14.9. The van der Waals surface area contributed by atoms with Crippen LogP contribution in [-0.2, 0) is 6.42 Å². The van der Waals surface area contributed by atoms with Gasteiger partial charge in [-0.05, 0) is 43.5 Å². The molecule has 6 heteroatoms. The number of nitrogens with one attached hydrogen (secondary N) is 1. The van der Waals surface area contributed by atoms with E-state index in [9.17, 15) is 0 Å². The fraction of sp³-hybridized carbons (Fsp3) is 0.250. The number of anilines is 4. The van der Waals surface area contributed by atoms with Crippen molar-refractivity contribution in [2.24, 2.45) is 0 Å². The molecule has 3 aromatic rings. The van der Waals surface area contributed by atoms with E-state index in [1.165, 1.54) is 16.8 Å². The van der Waals surface area contributed by atoms with Gasteiger partial charge in [-0.3, -0.25) is 0 Å². The topological polar surface area (TPSA) is 63.2 Å². The number of methoxy groups -OCH3 is 1. The molecule has 4 rings (SSSR count). The van der Waals surface area contributed by atoms with Crippen LogP contribution in [-0.4, -0.2) is 28.6 Å². The molecule has 1 aliphatic rings. The Kier molecular flexibility index (Phi) is 4.39. The van der Waals surface area contributed by atoms with Gasteiger partial charge in [0.1, 0.15) is 5.82 Å². The molecule has 0 saturated heterocycles. The van der Waals surface area contributed by atoms with E-state index in [1.54, 1.807) is 25.6 Å². The molecule has 0 aliphatic carbocycles. The van der Waals surface area contributed by atoms with Crippen molar-refractivity contribution in [2.75, 3.05) is 23.9 Å². The average Bonchev–Trinajstić information content (AvgIpc) is 2.68. The van der Waals surface area contributed by atoms with Crippen LogP contribution >= 0.6 is 0 Å². The van der Waals surface area contributed by atoms with Gasteiger partial charge in [-0.25, -0.2) is 9.97 Å². The van der Waals surface area contributed by atoms with Gasteiger partial charge >= 0.3 is 0 Å². The second-order valence-electron chi connectivity index (χ2n) is 6.34. The molecule has 0 bridgehead atoms. The number of aryl methyl sites for hydroxylation is 2. The minimum absolute atomic E-state index is 0.550. The highest BCUT2D eigenvalue weighted by Crippen LogP contribution is 2.33. The largest absolute Gasteiger partial charge is 0.481 e. The number of hydrogen-bond acceptors (Lipinski definition) is 6. The number of hydrogen-bond donors (Lipinski definition) is 1. The van der Waals surface area contributed by atoms with Crippen LogP contribution in [0.15, 0.2) is 48.8 Å². The lowest BCUT2D eigenvalue weighted by atomic mass is 9.99. The number of benzene rings is 1. The lowest BCUT2D eigenvalue weighted by Crippen LogP contribution is -2.25. The highest BCUT2D eigenvalue weighted by molar-refractivity contribution is 5.67. The molecule has 6 nitrogen and oxygen atoms in total. The molecule has 1 aliphatic heterocycles. The first-order chi connectivity index (χ1) is 12.7. The van der Waals surface area contributed by atoms with Crippen molar-refractivity contribution < 1.29 is 4.74 Å². The minimum Gasteiger partial charge on any atom is -0.481 e. The van der Waals surface area contributed by atoms with Crippen molar-refractivity contribution in [2.45, 2.75) is 19.8 Å². The predicted molar refractivity (Wildman–Crippen MR) is 103 cm³/mol. The van der Waals surface area contributed by atoms with Crippen molar-refractivity contribution in [1.29, 1.82) is 0 Å². The maximum atomic E-state index is 5.08. The maximum absolute atomic E-state index is 5.08. The lowest BCUT2D eigenvalue weighted by Gasteiger charge is -2.30. The van der Waals surface area contributed by atoms with Crippen molar-refractivity contribution in [3.63, 3.8) is 0 Å². The van der Waals surface area contributed by atoms with Crippen molar-refractivity contribution in [1.82, 2.24) is 15.0 Å². The molecule has 0 unspecified atom stereocenters. The van der Waals surface area contributed by atoms with Crippen LogP contribution in [0, 0.1) is 6.92 Å². The van der Waals surface area contributed by atoms with Crippen LogP contribution in [0.3, 0.4) is 0 Å². The molecule has 0 fully saturated rings. The Labute approximate surface area is 152 Å². The molecule has 0 radical (unpaired) electrons. The second kappa shape index (κ2) is 7.00. The summed E-state index contributed by atoms with van der Waals surface area (Å²) in [5.74, 6) is 2.02. The molecule has 3 heterocycles. The average molecular weight is 347 g/mol. The van der Waals surface area contributed by atoms with Gasteiger partial charge in [-0.15, -0.1) is 0 Å². The van der Waals surface area contributed by atoms with Gasteiger partial charge < -0.3 is 15.0 Å². The standard InChI is InChI=1S/C20H21N5O/c1-14-5-7-17-15(12-14)4-3-11-25(17)18-9-10-21-20(24-18)23-16-6-8-19(26-2)22-13-16/h5-10,12-13H,3-4,11H2,1-2H3,(H,21,23,24). The number of fused-ring (bicyclic) bond motifs is 1. The molecule has 2 aromatic heterocycles. The van der Waals surface area contributed by atoms with E-state index in [-0.39, 0.29) is 0 Å². The molecule has 0 amide bonds. The Balaban J connectivity index is 1.60. The molecular formula is C20H21N5O. The third kappa shape index (κ3) is 3.31. The van der Waals surface area contributed by atoms with Gasteiger partial charge in [-0.2, -0.15) is 4.98 Å². The van der Waals surface area contributed by atoms with E-state index in [0.717, 1.165) is 30.9 Å². The van der Waals surface area contributed by atoms with Crippen molar-refractivity contribution in [3.05, 3.63) is 59.9 Å². The van der Waals surface area contributed by atoms with E-state index < -0.39 is 0 Å². The minimum atomic E-state index is 0.550. The van der Waals surface area contributed by atoms with Crippen LogP contribution in [0.1, 0.15) is 17.5 Å². The highest BCUT2D eigenvalue weighted by atomic mass is 16.5. The predicted octanol–water partition coefficient (Wildman–Crippen LogP) is 4.02. The zero-order valence-corrected chi connectivity index (χ0v) is 14.9. The summed E-state index contributed by atoms with van der Waals surface area (Å²) in [4.78, 5) is 15.5. The zero-order chi connectivity index (χ0) is 17.9. The monoisotopic (exact) mass is 347 g/mol. The van der Waals surface area contributed by atoms with Gasteiger partial charge in [-0.1, -0.05) is 17.7 Å². The van der Waals surface area contributed by atoms with Gasteiger partial charge in [0.2, 0.25) is 11.8 Å². The fourth-order valence-corrected chi connectivity index (χ4v) is 3.23. The third-order valence-electron chi connectivity index (χ3n) is 4.47. The van der Waals surface area contributed by atoms with E-state index in [0.29, 0.717) is 11.8 Å². The Morgan fingerprint density at radius 1 is 1.12 bits per heavy atom. The maximum Gasteiger partial charge on any atom is 0.229 e. The van der Waals surface area contributed by atoms with Gasteiger partial charge in [0.25, 0.3) is 0 Å². The molecule has 26 heavy (non-hydrogen) atoms. The van der Waals surface area contributed by atoms with Crippen LogP contribution in [0.2, 0.25) is 0 Å². The van der Waals surface area contributed by atoms with Crippen molar-refractivity contribution in [3.8, 4) is 5.88 Å². The van der Waals surface area contributed by atoms with Gasteiger partial charge in [0.15, 0.2) is 0 Å². The summed E-state index contributed by atoms with van der Waals surface area (Å²) in [5, 5.41) is 3.20. The Morgan fingerprint density at radius 3 is 2.85 bits per heavy atom. The molecule has 0 saturated carbocycles. The van der Waals surface area contributed by atoms with E-state index in [1.807, 2.05) is 12.1 Å². The number of ether oxygens (including phenoxy) is 1. The molecular weight excluding hydrogens is 326 g/mol. The van der Waals surface area contributed by atoms with Crippen LogP contribution in [0.4, 0.5) is 23.1 Å². The Bertz CT molecular complexity index is 910. The fourth-order valence-electron chi connectivity index (χ4n) is 3.23. The summed E-state index contributed by atoms with van der Waals surface area (Å²) >= 11 is 0. The number of rotatable bonds is 4. The second-order valence-corrected chi connectivity index (χ2v) is 6.34. The van der Waals surface area contributed by atoms with Crippen LogP contribution in [0.25, 0.3) is 0 Å². The van der Waals surface area contributed by atoms with Crippen molar-refractivity contribution >= 4 is 23.1 Å². The number of pyridine rings is 1. The molecule has 132 valence electrons. The molecule has 0 spiro atoms. The normalized spacial score (nSPS) is 13.2. The third-order valence-corrected chi connectivity index (χ3v) is 4.47. The number of aromatic nitrogens is 3. The molecule has 0 atom stereocenters. The summed E-state index contributed by atoms with van der Waals surface area (Å²) in [6.07, 6.45) is 5.71. The lowest BCUT2D eigenvalue weighted by molar-refractivity contribution is 0.398. The summed E-state index contributed by atoms with van der Waals surface area (Å²) in [6, 6.07) is 12.3. The van der Waals surface area contributed by atoms with E-state index in [2.05, 4.69) is 45.3 Å². The summed E-state index contributed by atoms with van der Waals surface area (Å²) in [6.45, 7) is 3.09. The van der Waals surface area contributed by atoms with Crippen LogP contribution in [0.5, 0.6) is 5.88 Å². The Morgan fingerprint density at radius 2 is 2.04 bits per heavy atom. The summed E-state index contributed by atoms with van der Waals surface area (Å²) in [7, 11) is 1.60. The highest BCUT2D eigenvalue weighted by Gasteiger charge is 2.19. The molecule has 1 aromatic carbocycles. The SMILES string of the molecule is COc1ccc(Nc2nccc(N3CCCc4cc(C)ccc43)n2)cn1. The Hall–Kier alpha value is -3.15. The first-order valence-electron chi connectivity index (χ1n) is 8.70.